The molecule has 0 aliphatic carbocycles. The second kappa shape index (κ2) is 8.72. The van der Waals surface area contributed by atoms with Gasteiger partial charge in [-0.3, -0.25) is 0 Å². The van der Waals surface area contributed by atoms with Crippen LogP contribution in [0.15, 0.2) is 42.5 Å². The Bertz CT molecular complexity index is 791. The summed E-state index contributed by atoms with van der Waals surface area (Å²) in [4.78, 5) is 3.18. The number of hydrogen-bond acceptors (Lipinski definition) is 4. The predicted molar refractivity (Wildman–Crippen MR) is 114 cm³/mol. The maximum Gasteiger partial charge on any atom is 0.160 e. The van der Waals surface area contributed by atoms with Crippen LogP contribution in [0.2, 0.25) is 0 Å². The van der Waals surface area contributed by atoms with Crippen LogP contribution in [0, 0.1) is 6.92 Å². The molecule has 1 aliphatic rings. The zero-order valence-corrected chi connectivity index (χ0v) is 17.3. The molecule has 0 unspecified atom stereocenters. The van der Waals surface area contributed by atoms with Crippen molar-refractivity contribution in [3.05, 3.63) is 59.2 Å². The average Bonchev–Trinajstić information content (AvgIpc) is 2.69. The van der Waals surface area contributed by atoms with E-state index in [0.29, 0.717) is 5.92 Å². The minimum absolute atomic E-state index is 0.285. The van der Waals surface area contributed by atoms with E-state index in [1.807, 2.05) is 6.07 Å². The lowest BCUT2D eigenvalue weighted by Gasteiger charge is -2.38. The summed E-state index contributed by atoms with van der Waals surface area (Å²) in [5.41, 5.74) is 3.55. The van der Waals surface area contributed by atoms with Gasteiger partial charge in [0, 0.05) is 24.1 Å². The first-order valence-electron chi connectivity index (χ1n) is 9.30. The van der Waals surface area contributed by atoms with E-state index in [9.17, 15) is 0 Å². The smallest absolute Gasteiger partial charge is 0.160 e. The number of thiocarbonyl (C=S) groups is 1. The molecule has 27 heavy (non-hydrogen) atoms. The van der Waals surface area contributed by atoms with Gasteiger partial charge in [0.1, 0.15) is 4.99 Å². The van der Waals surface area contributed by atoms with E-state index in [-0.39, 0.29) is 6.04 Å². The van der Waals surface area contributed by atoms with Crippen LogP contribution in [0.5, 0.6) is 11.5 Å². The minimum Gasteiger partial charge on any atom is -0.493 e. The maximum atomic E-state index is 5.70. The van der Waals surface area contributed by atoms with Gasteiger partial charge in [-0.05, 0) is 44.6 Å². The fraction of sp³-hybridized carbons (Fsp3) is 0.409. The van der Waals surface area contributed by atoms with Crippen molar-refractivity contribution in [3.8, 4) is 11.5 Å². The molecule has 1 aliphatic heterocycles. The van der Waals surface area contributed by atoms with Crippen LogP contribution < -0.4 is 14.8 Å². The number of methoxy groups -OCH3 is 2. The van der Waals surface area contributed by atoms with Crippen LogP contribution >= 0.6 is 12.2 Å². The van der Waals surface area contributed by atoms with Gasteiger partial charge in [0.25, 0.3) is 0 Å². The van der Waals surface area contributed by atoms with Gasteiger partial charge in [-0.1, -0.05) is 48.1 Å². The Morgan fingerprint density at radius 3 is 2.44 bits per heavy atom. The largest absolute Gasteiger partial charge is 0.493 e. The van der Waals surface area contributed by atoms with Crippen LogP contribution in [0.1, 0.15) is 29.0 Å². The first-order valence-corrected chi connectivity index (χ1v) is 9.70. The molecule has 3 rings (SSSR count). The molecule has 0 radical (unpaired) electrons. The molecule has 2 aromatic carbocycles. The van der Waals surface area contributed by atoms with Gasteiger partial charge in [0.2, 0.25) is 0 Å². The highest BCUT2D eigenvalue weighted by atomic mass is 32.1. The SMILES string of the molecule is COc1ccc([C@@H]2CN(C)CC[C@@H]2NC(=S)c2ccc(C)cc2)cc1OC. The molecular formula is C22H28N2O2S. The molecule has 1 N–H and O–H groups in total. The number of likely N-dealkylation sites (tertiary alicyclic amines) is 1. The van der Waals surface area contributed by atoms with E-state index >= 15 is 0 Å². The van der Waals surface area contributed by atoms with Gasteiger partial charge in [-0.25, -0.2) is 0 Å². The summed E-state index contributed by atoms with van der Waals surface area (Å²) in [6.45, 7) is 4.12. The fourth-order valence-corrected chi connectivity index (χ4v) is 3.95. The zero-order chi connectivity index (χ0) is 19.4. The molecule has 144 valence electrons. The first kappa shape index (κ1) is 19.6. The summed E-state index contributed by atoms with van der Waals surface area (Å²) in [5, 5.41) is 3.62. The van der Waals surface area contributed by atoms with Crippen molar-refractivity contribution in [2.45, 2.75) is 25.3 Å². The van der Waals surface area contributed by atoms with Crippen LogP contribution in [0.3, 0.4) is 0 Å². The van der Waals surface area contributed by atoms with Crippen molar-refractivity contribution >= 4 is 17.2 Å². The van der Waals surface area contributed by atoms with Crippen LogP contribution in [0.4, 0.5) is 0 Å². The maximum absolute atomic E-state index is 5.70. The molecule has 1 fully saturated rings. The van der Waals surface area contributed by atoms with E-state index in [0.717, 1.165) is 41.6 Å². The number of piperidine rings is 1. The molecule has 4 nitrogen and oxygen atoms in total. The van der Waals surface area contributed by atoms with Crippen molar-refractivity contribution in [3.63, 3.8) is 0 Å². The molecule has 0 aromatic heterocycles. The number of rotatable bonds is 5. The van der Waals surface area contributed by atoms with Crippen molar-refractivity contribution in [2.24, 2.45) is 0 Å². The van der Waals surface area contributed by atoms with E-state index in [2.05, 4.69) is 60.6 Å². The van der Waals surface area contributed by atoms with E-state index < -0.39 is 0 Å². The molecule has 2 atom stereocenters. The third-order valence-corrected chi connectivity index (χ3v) is 5.64. The van der Waals surface area contributed by atoms with E-state index in [1.54, 1.807) is 14.2 Å². The normalized spacial score (nSPS) is 20.1. The zero-order valence-electron chi connectivity index (χ0n) is 16.5. The monoisotopic (exact) mass is 384 g/mol. The van der Waals surface area contributed by atoms with Gasteiger partial charge in [-0.15, -0.1) is 0 Å². The van der Waals surface area contributed by atoms with E-state index in [4.69, 9.17) is 21.7 Å². The second-order valence-corrected chi connectivity index (χ2v) is 7.63. The Kier molecular flexibility index (Phi) is 6.34. The number of aryl methyl sites for hydroxylation is 1. The lowest BCUT2D eigenvalue weighted by Crippen LogP contribution is -2.48. The lowest BCUT2D eigenvalue weighted by molar-refractivity contribution is 0.218. The number of benzene rings is 2. The molecular weight excluding hydrogens is 356 g/mol. The summed E-state index contributed by atoms with van der Waals surface area (Å²) in [6, 6.07) is 14.9. The Balaban J connectivity index is 1.83. The van der Waals surface area contributed by atoms with Crippen molar-refractivity contribution in [1.82, 2.24) is 10.2 Å². The highest BCUT2D eigenvalue weighted by Gasteiger charge is 2.30. The average molecular weight is 385 g/mol. The quantitative estimate of drug-likeness (QED) is 0.794. The molecule has 1 saturated heterocycles. The summed E-state index contributed by atoms with van der Waals surface area (Å²) in [6.07, 6.45) is 1.04. The Hall–Kier alpha value is -2.11. The molecule has 0 bridgehead atoms. The molecule has 5 heteroatoms. The van der Waals surface area contributed by atoms with Crippen molar-refractivity contribution < 1.29 is 9.47 Å². The molecule has 0 amide bonds. The summed E-state index contributed by atoms with van der Waals surface area (Å²) in [5.74, 6) is 1.85. The number of nitrogens with zero attached hydrogens (tertiary/aromatic N) is 1. The van der Waals surface area contributed by atoms with Crippen molar-refractivity contribution in [1.29, 1.82) is 0 Å². The van der Waals surface area contributed by atoms with Crippen LogP contribution in [-0.4, -0.2) is 50.3 Å². The summed E-state index contributed by atoms with van der Waals surface area (Å²) < 4.78 is 10.9. The standard InChI is InChI=1S/C22H28N2O2S/c1-15-5-7-16(8-6-15)22(27)23-19-11-12-24(2)14-18(19)17-9-10-20(25-3)21(13-17)26-4/h5-10,13,18-19H,11-12,14H2,1-4H3,(H,23,27)/t18-,19-/m0/s1. The highest BCUT2D eigenvalue weighted by Crippen LogP contribution is 2.34. The lowest BCUT2D eigenvalue weighted by atomic mass is 9.85. The van der Waals surface area contributed by atoms with Gasteiger partial charge in [0.15, 0.2) is 11.5 Å². The molecule has 0 spiro atoms. The van der Waals surface area contributed by atoms with Gasteiger partial charge in [-0.2, -0.15) is 0 Å². The third-order valence-electron chi connectivity index (χ3n) is 5.28. The first-order chi connectivity index (χ1) is 13.0. The Morgan fingerprint density at radius 1 is 1.07 bits per heavy atom. The highest BCUT2D eigenvalue weighted by molar-refractivity contribution is 7.80. The second-order valence-electron chi connectivity index (χ2n) is 7.22. The number of ether oxygens (including phenoxy) is 2. The minimum atomic E-state index is 0.285. The third kappa shape index (κ3) is 4.60. The number of hydrogen-bond donors (Lipinski definition) is 1. The predicted octanol–water partition coefficient (Wildman–Crippen LogP) is 3.77. The topological polar surface area (TPSA) is 33.7 Å². The Labute approximate surface area is 167 Å². The van der Waals surface area contributed by atoms with E-state index in [1.165, 1.54) is 11.1 Å². The molecule has 2 aromatic rings. The van der Waals surface area contributed by atoms with Gasteiger partial charge < -0.3 is 19.7 Å². The van der Waals surface area contributed by atoms with Gasteiger partial charge in [0.05, 0.1) is 14.2 Å². The summed E-state index contributed by atoms with van der Waals surface area (Å²) >= 11 is 5.70. The van der Waals surface area contributed by atoms with Crippen molar-refractivity contribution in [2.75, 3.05) is 34.4 Å². The fourth-order valence-electron chi connectivity index (χ4n) is 3.67. The number of likely N-dealkylation sites (N-methyl/N-ethyl adjacent to an activating group) is 1. The van der Waals surface area contributed by atoms with Gasteiger partial charge >= 0.3 is 0 Å². The summed E-state index contributed by atoms with van der Waals surface area (Å²) in [7, 11) is 5.51. The van der Waals surface area contributed by atoms with Crippen LogP contribution in [-0.2, 0) is 0 Å². The van der Waals surface area contributed by atoms with Crippen LogP contribution in [0.25, 0.3) is 0 Å². The Morgan fingerprint density at radius 2 is 1.78 bits per heavy atom. The molecule has 0 saturated carbocycles. The number of nitrogens with one attached hydrogen (secondary N) is 1. The molecule has 1 heterocycles.